The van der Waals surface area contributed by atoms with Crippen LogP contribution in [-0.2, 0) is 15.3 Å². The number of hydrogen-bond donors (Lipinski definition) is 2. The van der Waals surface area contributed by atoms with Gasteiger partial charge in [0.2, 0.25) is 5.82 Å². The van der Waals surface area contributed by atoms with E-state index in [-0.39, 0.29) is 28.0 Å². The van der Waals surface area contributed by atoms with Gasteiger partial charge in [-0.05, 0) is 43.7 Å². The first-order valence-electron chi connectivity index (χ1n) is 12.0. The Balaban J connectivity index is 1.42. The summed E-state index contributed by atoms with van der Waals surface area (Å²) in [6, 6.07) is 12.5. The third-order valence-corrected chi connectivity index (χ3v) is 8.25. The molecule has 6 rings (SSSR count). The summed E-state index contributed by atoms with van der Waals surface area (Å²) in [5.41, 5.74) is 0.944. The van der Waals surface area contributed by atoms with Crippen molar-refractivity contribution < 1.29 is 31.1 Å². The Morgan fingerprint density at radius 2 is 1.87 bits per heavy atom. The number of hydrogen-bond acceptors (Lipinski definition) is 5. The molecule has 11 heteroatoms. The third kappa shape index (κ3) is 4.04. The van der Waals surface area contributed by atoms with Crippen molar-refractivity contribution in [3.63, 3.8) is 0 Å². The molecule has 39 heavy (non-hydrogen) atoms. The number of para-hydroxylation sites is 1. The van der Waals surface area contributed by atoms with Crippen LogP contribution in [0.3, 0.4) is 0 Å². The molecule has 3 aromatic carbocycles. The first-order chi connectivity index (χ1) is 18.6. The van der Waals surface area contributed by atoms with Crippen LogP contribution in [0, 0.1) is 17.5 Å². The molecule has 1 aliphatic heterocycles. The molecule has 1 atom stereocenters. The summed E-state index contributed by atoms with van der Waals surface area (Å²) in [4.78, 5) is 9.56. The number of aromatic nitrogens is 3. The van der Waals surface area contributed by atoms with E-state index in [2.05, 4.69) is 15.0 Å². The Hall–Kier alpha value is -4.25. The fourth-order valence-corrected chi connectivity index (χ4v) is 6.10. The van der Waals surface area contributed by atoms with Crippen LogP contribution in [-0.4, -0.2) is 36.2 Å². The predicted octanol–water partition coefficient (Wildman–Crippen LogP) is 6.26. The van der Waals surface area contributed by atoms with E-state index in [1.165, 1.54) is 24.4 Å². The number of nitrogens with one attached hydrogen (secondary N) is 2. The smallest absolute Gasteiger partial charge is 0.204 e. The maximum Gasteiger partial charge on any atom is 0.204 e. The lowest BCUT2D eigenvalue weighted by Crippen LogP contribution is -2.31. The third-order valence-electron chi connectivity index (χ3n) is 7.10. The van der Waals surface area contributed by atoms with Gasteiger partial charge in [0.1, 0.15) is 28.0 Å². The Bertz CT molecular complexity index is 1870. The SMILES string of the molecule is CC1(c2cnc(-c3cc(Oc4c(F)c(F)c5[nH]ccc5c4S(C)(=O)=O)ccc3F)[nH]2)CCOc2ccccc21. The monoisotopic (exact) mass is 553 g/mol. The fraction of sp³-hybridized carbons (Fsp3) is 0.179. The summed E-state index contributed by atoms with van der Waals surface area (Å²) < 4.78 is 81.3. The molecule has 0 radical (unpaired) electrons. The largest absolute Gasteiger partial charge is 0.493 e. The molecule has 2 aromatic heterocycles. The highest BCUT2D eigenvalue weighted by atomic mass is 32.2. The van der Waals surface area contributed by atoms with Gasteiger partial charge in [-0.3, -0.25) is 0 Å². The number of nitrogens with zero attached hydrogens (tertiary/aromatic N) is 1. The van der Waals surface area contributed by atoms with Crippen molar-refractivity contribution in [2.75, 3.05) is 12.9 Å². The van der Waals surface area contributed by atoms with E-state index in [9.17, 15) is 17.2 Å². The lowest BCUT2D eigenvalue weighted by atomic mass is 9.75. The lowest BCUT2D eigenvalue weighted by Gasteiger charge is -2.34. The number of rotatable bonds is 5. The van der Waals surface area contributed by atoms with E-state index >= 15 is 4.39 Å². The second kappa shape index (κ2) is 8.91. The van der Waals surface area contributed by atoms with Crippen molar-refractivity contribution in [1.82, 2.24) is 15.0 Å². The van der Waals surface area contributed by atoms with Gasteiger partial charge in [0, 0.05) is 40.7 Å². The van der Waals surface area contributed by atoms with Gasteiger partial charge < -0.3 is 19.4 Å². The van der Waals surface area contributed by atoms with Crippen molar-refractivity contribution in [1.29, 1.82) is 0 Å². The van der Waals surface area contributed by atoms with Gasteiger partial charge in [-0.15, -0.1) is 0 Å². The zero-order valence-corrected chi connectivity index (χ0v) is 21.6. The maximum atomic E-state index is 15.1. The summed E-state index contributed by atoms with van der Waals surface area (Å²) in [5.74, 6) is -3.38. The van der Waals surface area contributed by atoms with Gasteiger partial charge in [-0.2, -0.15) is 4.39 Å². The summed E-state index contributed by atoms with van der Waals surface area (Å²) in [6.07, 6.45) is 4.46. The van der Waals surface area contributed by atoms with E-state index in [1.54, 1.807) is 6.20 Å². The number of H-pyrrole nitrogens is 2. The van der Waals surface area contributed by atoms with Gasteiger partial charge in [0.25, 0.3) is 0 Å². The number of ether oxygens (including phenoxy) is 2. The Labute approximate surface area is 221 Å². The highest BCUT2D eigenvalue weighted by Gasteiger charge is 2.36. The van der Waals surface area contributed by atoms with Gasteiger partial charge in [0.15, 0.2) is 21.4 Å². The summed E-state index contributed by atoms with van der Waals surface area (Å²) >= 11 is 0. The molecule has 0 aliphatic carbocycles. The zero-order valence-electron chi connectivity index (χ0n) is 20.8. The van der Waals surface area contributed by atoms with Crippen LogP contribution in [0.15, 0.2) is 65.8 Å². The molecule has 0 amide bonds. The Kier molecular flexibility index (Phi) is 5.72. The number of imidazole rings is 1. The molecule has 1 unspecified atom stereocenters. The average molecular weight is 554 g/mol. The number of halogens is 3. The molecular formula is C28H22F3N3O4S. The molecule has 2 N–H and O–H groups in total. The van der Waals surface area contributed by atoms with Crippen LogP contribution in [0.25, 0.3) is 22.3 Å². The van der Waals surface area contributed by atoms with Crippen LogP contribution in [0.5, 0.6) is 17.2 Å². The molecule has 0 saturated heterocycles. The first-order valence-corrected chi connectivity index (χ1v) is 13.9. The van der Waals surface area contributed by atoms with Gasteiger partial charge in [-0.25, -0.2) is 22.2 Å². The van der Waals surface area contributed by atoms with Crippen molar-refractivity contribution in [2.24, 2.45) is 0 Å². The molecule has 5 aromatic rings. The summed E-state index contributed by atoms with van der Waals surface area (Å²) in [5, 5.41) is -0.0607. The predicted molar refractivity (Wildman–Crippen MR) is 138 cm³/mol. The zero-order chi connectivity index (χ0) is 27.5. The van der Waals surface area contributed by atoms with E-state index in [4.69, 9.17) is 9.47 Å². The summed E-state index contributed by atoms with van der Waals surface area (Å²) in [7, 11) is -4.05. The topological polar surface area (TPSA) is 97.1 Å². The number of aromatic amines is 2. The molecule has 7 nitrogen and oxygen atoms in total. The van der Waals surface area contributed by atoms with Gasteiger partial charge >= 0.3 is 0 Å². The minimum Gasteiger partial charge on any atom is -0.493 e. The highest BCUT2D eigenvalue weighted by molar-refractivity contribution is 7.91. The Morgan fingerprint density at radius 1 is 1.08 bits per heavy atom. The average Bonchev–Trinajstić information content (AvgIpc) is 3.59. The normalized spacial score (nSPS) is 17.2. The van der Waals surface area contributed by atoms with E-state index in [0.717, 1.165) is 29.3 Å². The number of fused-ring (bicyclic) bond motifs is 2. The first kappa shape index (κ1) is 25.1. The van der Waals surface area contributed by atoms with Crippen molar-refractivity contribution in [3.8, 4) is 28.6 Å². The second-order valence-corrected chi connectivity index (χ2v) is 11.6. The van der Waals surface area contributed by atoms with Crippen molar-refractivity contribution in [3.05, 3.63) is 89.6 Å². The molecule has 0 fully saturated rings. The van der Waals surface area contributed by atoms with Crippen LogP contribution in [0.2, 0.25) is 0 Å². The number of sulfone groups is 1. The van der Waals surface area contributed by atoms with Crippen LogP contribution in [0.1, 0.15) is 24.6 Å². The molecule has 0 spiro atoms. The van der Waals surface area contributed by atoms with Crippen LogP contribution >= 0.6 is 0 Å². The Morgan fingerprint density at radius 3 is 2.67 bits per heavy atom. The van der Waals surface area contributed by atoms with E-state index in [0.29, 0.717) is 13.0 Å². The number of benzene rings is 3. The molecule has 3 heterocycles. The van der Waals surface area contributed by atoms with Crippen molar-refractivity contribution in [2.45, 2.75) is 23.7 Å². The van der Waals surface area contributed by atoms with Crippen LogP contribution < -0.4 is 9.47 Å². The maximum absolute atomic E-state index is 15.1. The van der Waals surface area contributed by atoms with Gasteiger partial charge in [-0.1, -0.05) is 18.2 Å². The minimum atomic E-state index is -4.05. The fourth-order valence-electron chi connectivity index (χ4n) is 5.06. The minimum absolute atomic E-state index is 0.00667. The van der Waals surface area contributed by atoms with E-state index < -0.39 is 43.3 Å². The molecular weight excluding hydrogens is 531 g/mol. The van der Waals surface area contributed by atoms with E-state index in [1.807, 2.05) is 31.2 Å². The molecule has 0 saturated carbocycles. The highest BCUT2D eigenvalue weighted by Crippen LogP contribution is 2.44. The summed E-state index contributed by atoms with van der Waals surface area (Å²) in [6.45, 7) is 2.54. The standard InChI is InChI=1S/C28H22F3N3O4S/c1-28(10-12-37-20-6-4-3-5-18(20)28)21-14-33-27(34-21)17-13-15(7-8-19(17)29)38-25-23(31)22(30)24-16(9-11-32-24)26(25)39(2,35)36/h3-9,11,13-14,32H,10,12H2,1-2H3,(H,33,34). The van der Waals surface area contributed by atoms with Crippen LogP contribution in [0.4, 0.5) is 13.2 Å². The molecule has 0 bridgehead atoms. The molecule has 1 aliphatic rings. The second-order valence-electron chi connectivity index (χ2n) is 9.64. The van der Waals surface area contributed by atoms with Gasteiger partial charge in [0.05, 0.1) is 17.7 Å². The molecule has 200 valence electrons. The lowest BCUT2D eigenvalue weighted by molar-refractivity contribution is 0.241. The van der Waals surface area contributed by atoms with Crippen molar-refractivity contribution >= 4 is 20.7 Å². The quantitative estimate of drug-likeness (QED) is 0.251.